The highest BCUT2D eigenvalue weighted by molar-refractivity contribution is 5.65. The summed E-state index contributed by atoms with van der Waals surface area (Å²) in [6.07, 6.45) is 9.75. The van der Waals surface area contributed by atoms with Gasteiger partial charge in [0.25, 0.3) is 0 Å². The van der Waals surface area contributed by atoms with Gasteiger partial charge in [-0.25, -0.2) is 0 Å². The van der Waals surface area contributed by atoms with Crippen LogP contribution in [0.5, 0.6) is 5.75 Å². The molecule has 2 saturated carbocycles. The summed E-state index contributed by atoms with van der Waals surface area (Å²) in [5.74, 6) is 3.93. The van der Waals surface area contributed by atoms with Gasteiger partial charge in [-0.15, -0.1) is 0 Å². The van der Waals surface area contributed by atoms with Gasteiger partial charge in [0, 0.05) is 6.92 Å². The van der Waals surface area contributed by atoms with Crippen LogP contribution in [0.25, 0.3) is 0 Å². The largest absolute Gasteiger partial charge is 0.489 e. The molecule has 2 aromatic rings. The Morgan fingerprint density at radius 1 is 1.09 bits per heavy atom. The molecule has 3 nitrogen and oxygen atoms in total. The van der Waals surface area contributed by atoms with Crippen LogP contribution in [0.15, 0.2) is 42.5 Å². The predicted octanol–water partition coefficient (Wildman–Crippen LogP) is 7.25. The number of fused-ring (bicyclic) bond motifs is 5. The average Bonchev–Trinajstić information content (AvgIpc) is 3.18. The molecule has 0 radical (unpaired) electrons. The molecule has 34 heavy (non-hydrogen) atoms. The zero-order valence-corrected chi connectivity index (χ0v) is 21.1. The van der Waals surface area contributed by atoms with E-state index in [2.05, 4.69) is 56.3 Å². The summed E-state index contributed by atoms with van der Waals surface area (Å²) in [6, 6.07) is 15.3. The summed E-state index contributed by atoms with van der Waals surface area (Å²) in [5, 5.41) is 0. The van der Waals surface area contributed by atoms with Crippen LogP contribution in [0.2, 0.25) is 0 Å². The smallest absolute Gasteiger partial charge is 0.302 e. The Balaban J connectivity index is 1.33. The second-order valence-corrected chi connectivity index (χ2v) is 11.1. The molecule has 0 aromatic heterocycles. The van der Waals surface area contributed by atoms with Crippen molar-refractivity contribution in [3.05, 3.63) is 64.7 Å². The SMILES string of the molecule is CCc1cc2c(cc1OCc1ccccc1)CCC1C2CCC2(C)C(CCOC(C)=O)CCC12. The van der Waals surface area contributed by atoms with E-state index < -0.39 is 0 Å². The van der Waals surface area contributed by atoms with Crippen LogP contribution in [-0.4, -0.2) is 12.6 Å². The highest BCUT2D eigenvalue weighted by Gasteiger charge is 2.54. The van der Waals surface area contributed by atoms with E-state index >= 15 is 0 Å². The van der Waals surface area contributed by atoms with E-state index in [-0.39, 0.29) is 5.97 Å². The van der Waals surface area contributed by atoms with Gasteiger partial charge in [0.1, 0.15) is 12.4 Å². The Morgan fingerprint density at radius 3 is 2.68 bits per heavy atom. The first-order valence-electron chi connectivity index (χ1n) is 13.5. The molecule has 5 atom stereocenters. The summed E-state index contributed by atoms with van der Waals surface area (Å²) in [7, 11) is 0. The van der Waals surface area contributed by atoms with Gasteiger partial charge in [0.2, 0.25) is 0 Å². The molecule has 0 bridgehead atoms. The van der Waals surface area contributed by atoms with E-state index in [0.29, 0.717) is 30.5 Å². The molecule has 0 spiro atoms. The number of carbonyl (C=O) groups excluding carboxylic acids is 1. The molecule has 0 amide bonds. The third kappa shape index (κ3) is 4.39. The maximum absolute atomic E-state index is 11.2. The van der Waals surface area contributed by atoms with Gasteiger partial charge in [0.05, 0.1) is 6.61 Å². The maximum atomic E-state index is 11.2. The molecular formula is C31H40O3. The van der Waals surface area contributed by atoms with E-state index in [1.165, 1.54) is 62.1 Å². The summed E-state index contributed by atoms with van der Waals surface area (Å²) in [4.78, 5) is 11.2. The van der Waals surface area contributed by atoms with Crippen LogP contribution in [0.3, 0.4) is 0 Å². The number of carbonyl (C=O) groups is 1. The molecule has 0 aliphatic heterocycles. The van der Waals surface area contributed by atoms with Crippen molar-refractivity contribution in [2.24, 2.45) is 23.2 Å². The molecule has 3 heteroatoms. The van der Waals surface area contributed by atoms with Crippen molar-refractivity contribution < 1.29 is 14.3 Å². The number of benzene rings is 2. The maximum Gasteiger partial charge on any atom is 0.302 e. The number of rotatable bonds is 7. The normalized spacial score (nSPS) is 29.6. The molecule has 2 fully saturated rings. The third-order valence-electron chi connectivity index (χ3n) is 9.49. The van der Waals surface area contributed by atoms with Crippen molar-refractivity contribution in [2.75, 3.05) is 6.61 Å². The van der Waals surface area contributed by atoms with Crippen molar-refractivity contribution >= 4 is 5.97 Å². The molecule has 3 aliphatic carbocycles. The summed E-state index contributed by atoms with van der Waals surface area (Å²) >= 11 is 0. The number of ether oxygens (including phenoxy) is 2. The Bertz CT molecular complexity index is 1010. The minimum Gasteiger partial charge on any atom is -0.489 e. The van der Waals surface area contributed by atoms with Gasteiger partial charge in [-0.2, -0.15) is 0 Å². The first-order chi connectivity index (χ1) is 16.5. The minimum absolute atomic E-state index is 0.147. The highest BCUT2D eigenvalue weighted by atomic mass is 16.5. The van der Waals surface area contributed by atoms with Crippen LogP contribution >= 0.6 is 0 Å². The Labute approximate surface area is 205 Å². The molecule has 0 N–H and O–H groups in total. The summed E-state index contributed by atoms with van der Waals surface area (Å²) in [6.45, 7) is 7.54. The lowest BCUT2D eigenvalue weighted by Crippen LogP contribution is -2.42. The zero-order chi connectivity index (χ0) is 23.7. The topological polar surface area (TPSA) is 35.5 Å². The van der Waals surface area contributed by atoms with Gasteiger partial charge >= 0.3 is 5.97 Å². The van der Waals surface area contributed by atoms with Gasteiger partial charge in [-0.1, -0.05) is 50.2 Å². The second kappa shape index (κ2) is 9.76. The van der Waals surface area contributed by atoms with E-state index in [9.17, 15) is 4.79 Å². The second-order valence-electron chi connectivity index (χ2n) is 11.1. The van der Waals surface area contributed by atoms with Gasteiger partial charge in [0.15, 0.2) is 0 Å². The molecule has 182 valence electrons. The number of hydrogen-bond acceptors (Lipinski definition) is 3. The fraction of sp³-hybridized carbons (Fsp3) is 0.581. The number of aryl methyl sites for hydroxylation is 2. The van der Waals surface area contributed by atoms with Crippen molar-refractivity contribution in [1.29, 1.82) is 0 Å². The van der Waals surface area contributed by atoms with E-state index in [0.717, 1.165) is 30.4 Å². The van der Waals surface area contributed by atoms with Crippen molar-refractivity contribution in [3.8, 4) is 5.75 Å². The molecule has 5 rings (SSSR count). The highest BCUT2D eigenvalue weighted by Crippen LogP contribution is 2.63. The van der Waals surface area contributed by atoms with Crippen molar-refractivity contribution in [1.82, 2.24) is 0 Å². The van der Waals surface area contributed by atoms with E-state index in [1.807, 2.05) is 0 Å². The fourth-order valence-electron chi connectivity index (χ4n) is 7.72. The first-order valence-corrected chi connectivity index (χ1v) is 13.5. The van der Waals surface area contributed by atoms with E-state index in [4.69, 9.17) is 9.47 Å². The fourth-order valence-corrected chi connectivity index (χ4v) is 7.72. The average molecular weight is 461 g/mol. The lowest BCUT2D eigenvalue weighted by molar-refractivity contribution is -0.141. The van der Waals surface area contributed by atoms with Crippen LogP contribution in [-0.2, 0) is 29.0 Å². The van der Waals surface area contributed by atoms with Crippen molar-refractivity contribution in [2.45, 2.75) is 84.7 Å². The number of hydrogen-bond donors (Lipinski definition) is 0. The van der Waals surface area contributed by atoms with E-state index in [1.54, 1.807) is 5.56 Å². The third-order valence-corrected chi connectivity index (χ3v) is 9.49. The quantitative estimate of drug-likeness (QED) is 0.408. The van der Waals surface area contributed by atoms with Crippen LogP contribution < -0.4 is 4.74 Å². The zero-order valence-electron chi connectivity index (χ0n) is 21.1. The van der Waals surface area contributed by atoms with Gasteiger partial charge in [-0.3, -0.25) is 4.79 Å². The van der Waals surface area contributed by atoms with Crippen LogP contribution in [0.4, 0.5) is 0 Å². The monoisotopic (exact) mass is 460 g/mol. The standard InChI is InChI=1S/C31H40O3/c1-4-23-18-28-24(19-30(23)34-20-22-8-6-5-7-9-22)10-12-27-26(28)14-16-31(3)25(11-13-29(27)31)15-17-33-21(2)32/h5-9,18-19,25-27,29H,4,10-17,20H2,1-3H3. The van der Waals surface area contributed by atoms with Crippen LogP contribution in [0.1, 0.15) is 87.5 Å². The lowest BCUT2D eigenvalue weighted by atomic mass is 9.54. The summed E-state index contributed by atoms with van der Waals surface area (Å²) in [5.41, 5.74) is 6.12. The van der Waals surface area contributed by atoms with Crippen LogP contribution in [0, 0.1) is 23.2 Å². The molecule has 5 unspecified atom stereocenters. The molecular weight excluding hydrogens is 420 g/mol. The predicted molar refractivity (Wildman–Crippen MR) is 136 cm³/mol. The Morgan fingerprint density at radius 2 is 1.91 bits per heavy atom. The number of esters is 1. The molecule has 0 saturated heterocycles. The molecule has 3 aliphatic rings. The minimum atomic E-state index is -0.147. The Kier molecular flexibility index (Phi) is 6.73. The molecule has 2 aromatic carbocycles. The summed E-state index contributed by atoms with van der Waals surface area (Å²) < 4.78 is 11.6. The van der Waals surface area contributed by atoms with Crippen molar-refractivity contribution in [3.63, 3.8) is 0 Å². The van der Waals surface area contributed by atoms with Gasteiger partial charge in [-0.05, 0) is 109 Å². The Hall–Kier alpha value is -2.29. The lowest BCUT2D eigenvalue weighted by Gasteiger charge is -2.51. The van der Waals surface area contributed by atoms with Gasteiger partial charge < -0.3 is 9.47 Å². The molecule has 0 heterocycles. The first kappa shape index (κ1) is 23.5.